The molecule has 0 bridgehead atoms. The van der Waals surface area contributed by atoms with Crippen LogP contribution in [0.2, 0.25) is 0 Å². The Morgan fingerprint density at radius 1 is 1.09 bits per heavy atom. The van der Waals surface area contributed by atoms with Gasteiger partial charge in [-0.25, -0.2) is 0 Å². The van der Waals surface area contributed by atoms with Crippen molar-refractivity contribution in [3.8, 4) is 17.1 Å². The van der Waals surface area contributed by atoms with Gasteiger partial charge in [0.25, 0.3) is 0 Å². The molecule has 0 saturated heterocycles. The molecular formula is C17H13NO4. The first-order chi connectivity index (χ1) is 10.7. The smallest absolute Gasteiger partial charge is 0.221 e. The lowest BCUT2D eigenvalue weighted by molar-refractivity contribution is 0.302. The minimum absolute atomic E-state index is 0.145. The van der Waals surface area contributed by atoms with Crippen molar-refractivity contribution in [1.82, 2.24) is 0 Å². The molecule has 3 aromatic rings. The minimum Gasteiger partial charge on any atom is -0.497 e. The Morgan fingerprint density at radius 3 is 2.50 bits per heavy atom. The van der Waals surface area contributed by atoms with Crippen LogP contribution in [-0.4, -0.2) is 12.3 Å². The van der Waals surface area contributed by atoms with Crippen molar-refractivity contribution < 1.29 is 14.4 Å². The predicted octanol–water partition coefficient (Wildman–Crippen LogP) is 2.76. The Kier molecular flexibility index (Phi) is 3.62. The fourth-order valence-corrected chi connectivity index (χ4v) is 2.21. The molecule has 1 heterocycles. The van der Waals surface area contributed by atoms with E-state index in [0.29, 0.717) is 16.9 Å². The van der Waals surface area contributed by atoms with Gasteiger partial charge in [-0.2, -0.15) is 0 Å². The van der Waals surface area contributed by atoms with E-state index in [1.165, 1.54) is 6.07 Å². The van der Waals surface area contributed by atoms with E-state index in [9.17, 15) is 10.0 Å². The van der Waals surface area contributed by atoms with Crippen LogP contribution in [-0.2, 0) is 0 Å². The highest BCUT2D eigenvalue weighted by atomic mass is 16.5. The van der Waals surface area contributed by atoms with Gasteiger partial charge >= 0.3 is 0 Å². The highest BCUT2D eigenvalue weighted by molar-refractivity contribution is 5.77. The van der Waals surface area contributed by atoms with Gasteiger partial charge in [-0.05, 0) is 36.4 Å². The summed E-state index contributed by atoms with van der Waals surface area (Å²) in [5.41, 5.74) is 0.616. The second-order valence-electron chi connectivity index (χ2n) is 4.65. The number of benzene rings is 1. The number of hydrogen-bond acceptors (Lipinski definition) is 5. The van der Waals surface area contributed by atoms with Crippen LogP contribution in [0.5, 0.6) is 5.75 Å². The van der Waals surface area contributed by atoms with E-state index in [1.807, 2.05) is 0 Å². The molecule has 0 spiro atoms. The molecule has 2 aromatic carbocycles. The Bertz CT molecular complexity index is 943. The molecule has 1 N–H and O–H groups in total. The van der Waals surface area contributed by atoms with Crippen molar-refractivity contribution in [2.45, 2.75) is 0 Å². The number of rotatable bonds is 2. The second-order valence-corrected chi connectivity index (χ2v) is 4.65. The van der Waals surface area contributed by atoms with Crippen LogP contribution >= 0.6 is 0 Å². The molecule has 0 aliphatic heterocycles. The topological polar surface area (TPSA) is 72.0 Å². The molecule has 22 heavy (non-hydrogen) atoms. The summed E-state index contributed by atoms with van der Waals surface area (Å²) in [4.78, 5) is 12.1. The Hall–Kier alpha value is -3.08. The van der Waals surface area contributed by atoms with Crippen LogP contribution in [0.4, 0.5) is 0 Å². The molecule has 5 heteroatoms. The number of nitrogens with zero attached hydrogens (tertiary/aromatic N) is 1. The minimum atomic E-state index is -0.278. The van der Waals surface area contributed by atoms with Gasteiger partial charge in [0.15, 0.2) is 5.58 Å². The summed E-state index contributed by atoms with van der Waals surface area (Å²) in [6.45, 7) is 0. The summed E-state index contributed by atoms with van der Waals surface area (Å²) < 4.78 is 10.8. The summed E-state index contributed by atoms with van der Waals surface area (Å²) in [6, 6.07) is 15.2. The van der Waals surface area contributed by atoms with Gasteiger partial charge < -0.3 is 14.4 Å². The fraction of sp³-hybridized carbons (Fsp3) is 0.0588. The highest BCUT2D eigenvalue weighted by Crippen LogP contribution is 2.23. The molecule has 0 saturated carbocycles. The number of hydrogen-bond donors (Lipinski definition) is 1. The zero-order valence-corrected chi connectivity index (χ0v) is 11.8. The molecule has 0 unspecified atom stereocenters. The third-order valence-electron chi connectivity index (χ3n) is 3.33. The molecule has 0 radical (unpaired) electrons. The van der Waals surface area contributed by atoms with E-state index in [4.69, 9.17) is 9.15 Å². The first-order valence-electron chi connectivity index (χ1n) is 6.62. The summed E-state index contributed by atoms with van der Waals surface area (Å²) >= 11 is 0. The maximum Gasteiger partial charge on any atom is 0.221 e. The lowest BCUT2D eigenvalue weighted by Gasteiger charge is -2.04. The molecule has 110 valence electrons. The Morgan fingerprint density at radius 2 is 1.82 bits per heavy atom. The predicted molar refractivity (Wildman–Crippen MR) is 81.8 cm³/mol. The van der Waals surface area contributed by atoms with E-state index in [0.717, 1.165) is 5.56 Å². The Balaban J connectivity index is 2.32. The first-order valence-corrected chi connectivity index (χ1v) is 6.62. The van der Waals surface area contributed by atoms with Crippen LogP contribution in [0.3, 0.4) is 0 Å². The lowest BCUT2D eigenvalue weighted by Crippen LogP contribution is -2.07. The first kappa shape index (κ1) is 13.9. The zero-order chi connectivity index (χ0) is 15.5. The summed E-state index contributed by atoms with van der Waals surface area (Å²) in [5.74, 6) is 1.15. The maximum atomic E-state index is 12.1. The van der Waals surface area contributed by atoms with E-state index >= 15 is 0 Å². The lowest BCUT2D eigenvalue weighted by atomic mass is 10.1. The quantitative estimate of drug-likeness (QED) is 0.583. The van der Waals surface area contributed by atoms with Gasteiger partial charge in [-0.1, -0.05) is 17.3 Å². The molecular weight excluding hydrogens is 282 g/mol. The van der Waals surface area contributed by atoms with Crippen LogP contribution < -0.4 is 15.5 Å². The molecule has 3 rings (SSSR count). The number of ether oxygens (including phenoxy) is 1. The van der Waals surface area contributed by atoms with E-state index < -0.39 is 0 Å². The van der Waals surface area contributed by atoms with Gasteiger partial charge in [-0.3, -0.25) is 4.79 Å². The molecule has 5 nitrogen and oxygen atoms in total. The standard InChI is InChI=1S/C17H13NO4/c1-21-12-8-6-11(7-9-12)16-10-14(18-20)13-4-2-3-5-15(19)17(13)22-16/h2-10,20H,1H3/b18-14+. The van der Waals surface area contributed by atoms with Crippen molar-refractivity contribution in [3.63, 3.8) is 0 Å². The summed E-state index contributed by atoms with van der Waals surface area (Å²) in [7, 11) is 1.59. The molecule has 0 fully saturated rings. The Labute approximate surface area is 125 Å². The molecule has 0 atom stereocenters. The third kappa shape index (κ3) is 2.44. The van der Waals surface area contributed by atoms with Crippen molar-refractivity contribution in [3.05, 3.63) is 70.2 Å². The van der Waals surface area contributed by atoms with E-state index in [-0.39, 0.29) is 16.4 Å². The molecule has 0 aliphatic rings. The second kappa shape index (κ2) is 5.73. The average Bonchev–Trinajstić information content (AvgIpc) is 2.76. The SMILES string of the molecule is COc1ccc(-c2c/c(=N\O)c3ccccc(=O)c3o2)cc1. The van der Waals surface area contributed by atoms with Gasteiger partial charge in [0.1, 0.15) is 16.9 Å². The van der Waals surface area contributed by atoms with Gasteiger partial charge in [0.05, 0.1) is 12.5 Å². The third-order valence-corrected chi connectivity index (χ3v) is 3.33. The van der Waals surface area contributed by atoms with Gasteiger partial charge in [0, 0.05) is 11.6 Å². The van der Waals surface area contributed by atoms with Gasteiger partial charge in [0.2, 0.25) is 5.43 Å². The van der Waals surface area contributed by atoms with Crippen molar-refractivity contribution >= 4 is 11.0 Å². The monoisotopic (exact) mass is 295 g/mol. The fourth-order valence-electron chi connectivity index (χ4n) is 2.21. The van der Waals surface area contributed by atoms with Crippen LogP contribution in [0, 0.1) is 0 Å². The average molecular weight is 295 g/mol. The molecule has 0 aliphatic carbocycles. The van der Waals surface area contributed by atoms with Crippen LogP contribution in [0.1, 0.15) is 0 Å². The maximum absolute atomic E-state index is 12.1. The highest BCUT2D eigenvalue weighted by Gasteiger charge is 2.08. The van der Waals surface area contributed by atoms with Crippen LogP contribution in [0.25, 0.3) is 22.3 Å². The summed E-state index contributed by atoms with van der Waals surface area (Å²) in [6.07, 6.45) is 0. The van der Waals surface area contributed by atoms with Crippen molar-refractivity contribution in [2.24, 2.45) is 5.16 Å². The normalized spacial score (nSPS) is 11.6. The van der Waals surface area contributed by atoms with Crippen LogP contribution in [0.15, 0.2) is 69.0 Å². The number of fused-ring (bicyclic) bond motifs is 1. The van der Waals surface area contributed by atoms with E-state index in [1.54, 1.807) is 55.6 Å². The molecule has 1 aromatic heterocycles. The van der Waals surface area contributed by atoms with Crippen molar-refractivity contribution in [2.75, 3.05) is 7.11 Å². The van der Waals surface area contributed by atoms with E-state index in [2.05, 4.69) is 5.16 Å². The van der Waals surface area contributed by atoms with Crippen molar-refractivity contribution in [1.29, 1.82) is 0 Å². The number of methoxy groups -OCH3 is 1. The summed E-state index contributed by atoms with van der Waals surface area (Å²) in [5, 5.41) is 13.2. The van der Waals surface area contributed by atoms with Gasteiger partial charge in [-0.15, -0.1) is 0 Å². The zero-order valence-electron chi connectivity index (χ0n) is 11.8. The largest absolute Gasteiger partial charge is 0.497 e. The molecule has 0 amide bonds.